The predicted molar refractivity (Wildman–Crippen MR) is 114 cm³/mol. The molecule has 4 rings (SSSR count). The monoisotopic (exact) mass is 417 g/mol. The zero-order valence-corrected chi connectivity index (χ0v) is 17.2. The molecular weight excluding hydrogens is 394 g/mol. The number of amides is 1. The second-order valence-corrected chi connectivity index (χ2v) is 7.61. The minimum atomic E-state index is -0.171. The third-order valence-corrected chi connectivity index (χ3v) is 5.65. The Morgan fingerprint density at radius 2 is 2.06 bits per heavy atom. The quantitative estimate of drug-likeness (QED) is 0.637. The molecule has 31 heavy (non-hydrogen) atoms. The van der Waals surface area contributed by atoms with E-state index in [9.17, 15) is 9.90 Å². The van der Waals surface area contributed by atoms with E-state index in [0.29, 0.717) is 35.0 Å². The van der Waals surface area contributed by atoms with Crippen molar-refractivity contribution in [3.63, 3.8) is 0 Å². The molecule has 1 aliphatic rings. The van der Waals surface area contributed by atoms with Crippen molar-refractivity contribution >= 4 is 5.91 Å². The average molecular weight is 417 g/mol. The molecule has 0 radical (unpaired) electrons. The van der Waals surface area contributed by atoms with E-state index in [4.69, 9.17) is 10.00 Å². The van der Waals surface area contributed by atoms with Crippen molar-refractivity contribution in [1.29, 1.82) is 5.26 Å². The summed E-state index contributed by atoms with van der Waals surface area (Å²) in [5, 5.41) is 26.8. The Balaban J connectivity index is 1.49. The van der Waals surface area contributed by atoms with Crippen LogP contribution in [-0.4, -0.2) is 45.5 Å². The normalized spacial score (nSPS) is 17.9. The molecule has 1 aromatic carbocycles. The van der Waals surface area contributed by atoms with E-state index in [1.807, 2.05) is 0 Å². The maximum atomic E-state index is 12.6. The van der Waals surface area contributed by atoms with Crippen molar-refractivity contribution in [2.75, 3.05) is 13.7 Å². The summed E-state index contributed by atoms with van der Waals surface area (Å²) in [6.07, 6.45) is 6.10. The van der Waals surface area contributed by atoms with Crippen LogP contribution in [0.5, 0.6) is 5.88 Å². The summed E-state index contributed by atoms with van der Waals surface area (Å²) in [6.45, 7) is 0.641. The molecule has 1 fully saturated rings. The third-order valence-electron chi connectivity index (χ3n) is 5.65. The molecule has 0 saturated heterocycles. The van der Waals surface area contributed by atoms with Crippen LogP contribution in [0, 0.1) is 17.2 Å². The zero-order valence-electron chi connectivity index (χ0n) is 17.2. The van der Waals surface area contributed by atoms with Crippen LogP contribution in [0.2, 0.25) is 0 Å². The average Bonchev–Trinajstić information content (AvgIpc) is 3.40. The molecule has 8 heteroatoms. The van der Waals surface area contributed by atoms with Crippen molar-refractivity contribution < 1.29 is 14.6 Å². The van der Waals surface area contributed by atoms with Gasteiger partial charge in [0.1, 0.15) is 0 Å². The molecule has 0 bridgehead atoms. The van der Waals surface area contributed by atoms with Crippen LogP contribution < -0.4 is 5.32 Å². The lowest BCUT2D eigenvalue weighted by Gasteiger charge is -2.20. The van der Waals surface area contributed by atoms with Gasteiger partial charge in [-0.3, -0.25) is 4.79 Å². The minimum absolute atomic E-state index is 0.0669. The van der Waals surface area contributed by atoms with Gasteiger partial charge in [-0.1, -0.05) is 18.6 Å². The summed E-state index contributed by atoms with van der Waals surface area (Å²) in [5.41, 5.74) is 2.25. The third kappa shape index (κ3) is 4.27. The number of aromatic hydroxyl groups is 1. The molecule has 2 atom stereocenters. The van der Waals surface area contributed by atoms with Gasteiger partial charge < -0.3 is 15.2 Å². The maximum Gasteiger partial charge on any atom is 0.253 e. The molecule has 0 spiro atoms. The number of nitrogens with zero attached hydrogens (tertiary/aromatic N) is 4. The Kier molecular flexibility index (Phi) is 5.96. The number of nitriles is 1. The highest BCUT2D eigenvalue weighted by Gasteiger charge is 2.28. The number of carbonyl (C=O) groups excluding carboxylic acids is 1. The second kappa shape index (κ2) is 8.98. The number of benzene rings is 1. The molecule has 2 heterocycles. The largest absolute Gasteiger partial charge is 0.493 e. The van der Waals surface area contributed by atoms with Crippen LogP contribution in [-0.2, 0) is 4.74 Å². The van der Waals surface area contributed by atoms with Crippen LogP contribution >= 0.6 is 0 Å². The van der Waals surface area contributed by atoms with Gasteiger partial charge in [0.25, 0.3) is 5.91 Å². The lowest BCUT2D eigenvalue weighted by Crippen LogP contribution is -2.38. The number of nitrogens with one attached hydrogen (secondary N) is 1. The Bertz CT molecular complexity index is 1100. The van der Waals surface area contributed by atoms with Gasteiger partial charge in [0.05, 0.1) is 35.6 Å². The van der Waals surface area contributed by atoms with Gasteiger partial charge in [-0.25, -0.2) is 4.98 Å². The topological polar surface area (TPSA) is 113 Å². The van der Waals surface area contributed by atoms with Crippen molar-refractivity contribution in [3.05, 3.63) is 59.9 Å². The first-order chi connectivity index (χ1) is 15.1. The standard InChI is InChI=1S/C23H23N5O3/c1-31-14-18-3-2-4-20(18)27-22(29)17-9-10-21(25-12-17)28-23(30)19(13-26-28)16-7-5-15(11-24)6-8-16/h5-10,12-13,18,20,30H,2-4,14H2,1H3,(H,27,29)/t18-,20-/m1/s1. The SMILES string of the molecule is COC[C@H]1CCC[C@H]1NC(=O)c1ccc(-n2ncc(-c3ccc(C#N)cc3)c2O)nc1. The van der Waals surface area contributed by atoms with E-state index in [-0.39, 0.29) is 17.8 Å². The summed E-state index contributed by atoms with van der Waals surface area (Å²) in [4.78, 5) is 16.9. The van der Waals surface area contributed by atoms with Gasteiger partial charge in [0, 0.05) is 25.3 Å². The fourth-order valence-corrected chi connectivity index (χ4v) is 3.98. The van der Waals surface area contributed by atoms with Crippen molar-refractivity contribution in [2.45, 2.75) is 25.3 Å². The van der Waals surface area contributed by atoms with Crippen LogP contribution in [0.1, 0.15) is 35.2 Å². The summed E-state index contributed by atoms with van der Waals surface area (Å²) < 4.78 is 6.56. The number of carbonyl (C=O) groups is 1. The smallest absolute Gasteiger partial charge is 0.253 e. The van der Waals surface area contributed by atoms with E-state index in [1.54, 1.807) is 43.5 Å². The first-order valence-corrected chi connectivity index (χ1v) is 10.1. The van der Waals surface area contributed by atoms with Gasteiger partial charge >= 0.3 is 0 Å². The number of ether oxygens (including phenoxy) is 1. The second-order valence-electron chi connectivity index (χ2n) is 7.61. The molecule has 1 saturated carbocycles. The molecule has 1 amide bonds. The van der Waals surface area contributed by atoms with Crippen LogP contribution in [0.3, 0.4) is 0 Å². The van der Waals surface area contributed by atoms with E-state index >= 15 is 0 Å². The first-order valence-electron chi connectivity index (χ1n) is 10.1. The molecule has 158 valence electrons. The van der Waals surface area contributed by atoms with Crippen molar-refractivity contribution in [3.8, 4) is 28.9 Å². The number of pyridine rings is 1. The highest BCUT2D eigenvalue weighted by molar-refractivity contribution is 5.94. The van der Waals surface area contributed by atoms with Gasteiger partial charge in [0.15, 0.2) is 5.82 Å². The summed E-state index contributed by atoms with van der Waals surface area (Å²) >= 11 is 0. The molecule has 8 nitrogen and oxygen atoms in total. The molecule has 2 aromatic heterocycles. The van der Waals surface area contributed by atoms with Gasteiger partial charge in [-0.15, -0.1) is 0 Å². The van der Waals surface area contributed by atoms with Crippen LogP contribution in [0.4, 0.5) is 0 Å². The van der Waals surface area contributed by atoms with Gasteiger partial charge in [0.2, 0.25) is 5.88 Å². The summed E-state index contributed by atoms with van der Waals surface area (Å²) in [7, 11) is 1.68. The number of methoxy groups -OCH3 is 1. The predicted octanol–water partition coefficient (Wildman–Crippen LogP) is 3.06. The van der Waals surface area contributed by atoms with E-state index < -0.39 is 0 Å². The molecule has 1 aliphatic carbocycles. The van der Waals surface area contributed by atoms with Gasteiger partial charge in [-0.05, 0) is 42.7 Å². The zero-order chi connectivity index (χ0) is 21.8. The van der Waals surface area contributed by atoms with Crippen LogP contribution in [0.25, 0.3) is 16.9 Å². The Labute approximate surface area is 180 Å². The fraction of sp³-hybridized carbons (Fsp3) is 0.304. The highest BCUT2D eigenvalue weighted by Crippen LogP contribution is 2.30. The van der Waals surface area contributed by atoms with Crippen LogP contribution in [0.15, 0.2) is 48.8 Å². The molecule has 3 aromatic rings. The lowest BCUT2D eigenvalue weighted by molar-refractivity contribution is 0.0898. The van der Waals surface area contributed by atoms with E-state index in [0.717, 1.165) is 24.8 Å². The summed E-state index contributed by atoms with van der Waals surface area (Å²) in [5.74, 6) is 0.493. The minimum Gasteiger partial charge on any atom is -0.493 e. The Morgan fingerprint density at radius 1 is 1.26 bits per heavy atom. The maximum absolute atomic E-state index is 12.6. The Morgan fingerprint density at radius 3 is 2.74 bits per heavy atom. The molecule has 0 unspecified atom stereocenters. The number of hydrogen-bond acceptors (Lipinski definition) is 6. The van der Waals surface area contributed by atoms with Crippen molar-refractivity contribution in [1.82, 2.24) is 20.1 Å². The van der Waals surface area contributed by atoms with E-state index in [2.05, 4.69) is 21.5 Å². The Hall–Kier alpha value is -3.70. The van der Waals surface area contributed by atoms with Gasteiger partial charge in [-0.2, -0.15) is 15.0 Å². The molecule has 0 aliphatic heterocycles. The fourth-order valence-electron chi connectivity index (χ4n) is 3.98. The van der Waals surface area contributed by atoms with Crippen molar-refractivity contribution in [2.24, 2.45) is 5.92 Å². The number of aromatic nitrogens is 3. The lowest BCUT2D eigenvalue weighted by atomic mass is 10.0. The number of hydrogen-bond donors (Lipinski definition) is 2. The number of rotatable bonds is 6. The molecule has 2 N–H and O–H groups in total. The highest BCUT2D eigenvalue weighted by atomic mass is 16.5. The first kappa shape index (κ1) is 20.6. The summed E-state index contributed by atoms with van der Waals surface area (Å²) in [6, 6.07) is 12.3. The molecular formula is C23H23N5O3. The van der Waals surface area contributed by atoms with E-state index in [1.165, 1.54) is 17.1 Å².